The Morgan fingerprint density at radius 2 is 1.89 bits per heavy atom. The fourth-order valence-electron chi connectivity index (χ4n) is 3.78. The predicted molar refractivity (Wildman–Crippen MR) is 102 cm³/mol. The number of hydrogen-bond donors (Lipinski definition) is 1. The third-order valence-electron chi connectivity index (χ3n) is 5.67. The number of nitrogens with two attached hydrogens (primary N) is 1. The second-order valence-corrected chi connectivity index (χ2v) is 9.94. The molecule has 2 amide bonds. The number of likely N-dealkylation sites (tertiary alicyclic amines) is 1. The molecule has 1 aliphatic carbocycles. The van der Waals surface area contributed by atoms with Gasteiger partial charge in [-0.1, -0.05) is 13.8 Å². The lowest BCUT2D eigenvalue weighted by atomic mass is 9.79. The summed E-state index contributed by atoms with van der Waals surface area (Å²) >= 11 is 0. The average Bonchev–Trinajstić information content (AvgIpc) is 3.37. The standard InChI is InChI=1S/C18H23N3O4S.ClH/c1-18(2)10-20(8-7-15(18)19)16(22)11-3-6-13-14(9-11)26(24,25)21(17(13)23)12-4-5-12;/h3,6,9,12,15H,4-5,7-8,10,19H2,1-2H3;1H. The zero-order chi connectivity index (χ0) is 18.9. The van der Waals surface area contributed by atoms with Gasteiger partial charge in [0.1, 0.15) is 4.90 Å². The van der Waals surface area contributed by atoms with Crippen molar-refractivity contribution in [3.8, 4) is 0 Å². The zero-order valence-electron chi connectivity index (χ0n) is 15.3. The Hall–Kier alpha value is -1.64. The summed E-state index contributed by atoms with van der Waals surface area (Å²) in [7, 11) is -3.86. The molecule has 1 unspecified atom stereocenters. The van der Waals surface area contributed by atoms with E-state index in [0.717, 1.165) is 4.31 Å². The van der Waals surface area contributed by atoms with Crippen LogP contribution in [0, 0.1) is 5.41 Å². The normalized spacial score (nSPS) is 25.7. The van der Waals surface area contributed by atoms with Crippen LogP contribution in [-0.2, 0) is 10.0 Å². The number of piperidine rings is 1. The van der Waals surface area contributed by atoms with Crippen molar-refractivity contribution in [1.29, 1.82) is 0 Å². The molecule has 1 atom stereocenters. The maximum Gasteiger partial charge on any atom is 0.269 e. The molecule has 2 heterocycles. The van der Waals surface area contributed by atoms with E-state index in [0.29, 0.717) is 37.9 Å². The summed E-state index contributed by atoms with van der Waals surface area (Å²) in [4.78, 5) is 27.0. The molecule has 0 bridgehead atoms. The van der Waals surface area contributed by atoms with E-state index < -0.39 is 15.9 Å². The minimum atomic E-state index is -3.86. The molecular weight excluding hydrogens is 390 g/mol. The smallest absolute Gasteiger partial charge is 0.269 e. The number of benzene rings is 1. The molecule has 7 nitrogen and oxygen atoms in total. The van der Waals surface area contributed by atoms with Crippen LogP contribution >= 0.6 is 12.4 Å². The van der Waals surface area contributed by atoms with Gasteiger partial charge in [-0.25, -0.2) is 12.7 Å². The minimum absolute atomic E-state index is 0. The number of hydrogen-bond acceptors (Lipinski definition) is 5. The van der Waals surface area contributed by atoms with Gasteiger partial charge in [-0.3, -0.25) is 9.59 Å². The van der Waals surface area contributed by atoms with Gasteiger partial charge in [0.15, 0.2) is 0 Å². The molecule has 1 aromatic rings. The summed E-state index contributed by atoms with van der Waals surface area (Å²) in [5, 5.41) is 0. The first kappa shape index (κ1) is 20.1. The van der Waals surface area contributed by atoms with Crippen LogP contribution in [0.3, 0.4) is 0 Å². The molecule has 1 saturated heterocycles. The first-order valence-corrected chi connectivity index (χ1v) is 10.3. The Kier molecular flexibility index (Phi) is 4.81. The number of carbonyl (C=O) groups excluding carboxylic acids is 2. The highest BCUT2D eigenvalue weighted by atomic mass is 35.5. The predicted octanol–water partition coefficient (Wildman–Crippen LogP) is 1.61. The summed E-state index contributed by atoms with van der Waals surface area (Å²) in [6.45, 7) is 5.11. The number of nitrogens with zero attached hydrogens (tertiary/aromatic N) is 2. The third kappa shape index (κ3) is 3.13. The quantitative estimate of drug-likeness (QED) is 0.793. The maximum absolute atomic E-state index is 12.9. The monoisotopic (exact) mass is 413 g/mol. The summed E-state index contributed by atoms with van der Waals surface area (Å²) in [5.41, 5.74) is 6.39. The second kappa shape index (κ2) is 6.46. The number of amides is 2. The van der Waals surface area contributed by atoms with Gasteiger partial charge in [-0.2, -0.15) is 0 Å². The lowest BCUT2D eigenvalue weighted by Gasteiger charge is -2.42. The molecule has 1 saturated carbocycles. The van der Waals surface area contributed by atoms with Crippen molar-refractivity contribution in [1.82, 2.24) is 9.21 Å². The van der Waals surface area contributed by atoms with E-state index in [9.17, 15) is 18.0 Å². The van der Waals surface area contributed by atoms with Gasteiger partial charge in [0.2, 0.25) is 0 Å². The van der Waals surface area contributed by atoms with Crippen LogP contribution in [0.25, 0.3) is 0 Å². The number of halogens is 1. The van der Waals surface area contributed by atoms with Crippen molar-refractivity contribution in [2.75, 3.05) is 13.1 Å². The van der Waals surface area contributed by atoms with Gasteiger partial charge in [-0.05, 0) is 42.9 Å². The Bertz CT molecular complexity index is 911. The SMILES string of the molecule is CC1(C)CN(C(=O)c2ccc3c(c2)S(=O)(=O)N(C2CC2)C3=O)CCC1N.Cl. The number of rotatable bonds is 2. The van der Waals surface area contributed by atoms with Crippen LogP contribution in [0.4, 0.5) is 0 Å². The summed E-state index contributed by atoms with van der Waals surface area (Å²) < 4.78 is 26.5. The van der Waals surface area contributed by atoms with Crippen LogP contribution in [0.15, 0.2) is 23.1 Å². The molecular formula is C18H24ClN3O4S. The molecule has 2 N–H and O–H groups in total. The molecule has 27 heavy (non-hydrogen) atoms. The van der Waals surface area contributed by atoms with Crippen LogP contribution in [0.5, 0.6) is 0 Å². The molecule has 0 spiro atoms. The van der Waals surface area contributed by atoms with E-state index in [1.54, 1.807) is 11.0 Å². The Morgan fingerprint density at radius 1 is 1.22 bits per heavy atom. The van der Waals surface area contributed by atoms with Crippen molar-refractivity contribution >= 4 is 34.2 Å². The van der Waals surface area contributed by atoms with Crippen molar-refractivity contribution in [3.63, 3.8) is 0 Å². The zero-order valence-corrected chi connectivity index (χ0v) is 17.0. The molecule has 0 aromatic heterocycles. The Morgan fingerprint density at radius 3 is 2.48 bits per heavy atom. The number of fused-ring (bicyclic) bond motifs is 1. The van der Waals surface area contributed by atoms with Crippen molar-refractivity contribution in [2.24, 2.45) is 11.1 Å². The van der Waals surface area contributed by atoms with Crippen LogP contribution in [0.2, 0.25) is 0 Å². The molecule has 9 heteroatoms. The summed E-state index contributed by atoms with van der Waals surface area (Å²) in [5.74, 6) is -0.702. The van der Waals surface area contributed by atoms with Crippen molar-refractivity contribution in [3.05, 3.63) is 29.3 Å². The highest BCUT2D eigenvalue weighted by Crippen LogP contribution is 2.40. The highest BCUT2D eigenvalue weighted by molar-refractivity contribution is 7.90. The fourth-order valence-corrected chi connectivity index (χ4v) is 5.62. The van der Waals surface area contributed by atoms with E-state index >= 15 is 0 Å². The van der Waals surface area contributed by atoms with Crippen molar-refractivity contribution in [2.45, 2.75) is 50.1 Å². The third-order valence-corrected chi connectivity index (χ3v) is 7.55. The van der Waals surface area contributed by atoms with Crippen LogP contribution in [0.1, 0.15) is 53.8 Å². The first-order valence-electron chi connectivity index (χ1n) is 8.90. The molecule has 0 radical (unpaired) electrons. The largest absolute Gasteiger partial charge is 0.338 e. The van der Waals surface area contributed by atoms with Gasteiger partial charge in [0, 0.05) is 30.7 Å². The van der Waals surface area contributed by atoms with E-state index in [1.165, 1.54) is 12.1 Å². The van der Waals surface area contributed by atoms with Gasteiger partial charge < -0.3 is 10.6 Å². The van der Waals surface area contributed by atoms with Gasteiger partial charge in [-0.15, -0.1) is 12.4 Å². The fraction of sp³-hybridized carbons (Fsp3) is 0.556. The maximum atomic E-state index is 12.9. The molecule has 2 aliphatic heterocycles. The van der Waals surface area contributed by atoms with E-state index in [-0.39, 0.29) is 46.3 Å². The summed E-state index contributed by atoms with van der Waals surface area (Å²) in [6.07, 6.45) is 2.11. The van der Waals surface area contributed by atoms with E-state index in [2.05, 4.69) is 0 Å². The Balaban J connectivity index is 0.00000210. The molecule has 148 valence electrons. The van der Waals surface area contributed by atoms with Gasteiger partial charge >= 0.3 is 0 Å². The summed E-state index contributed by atoms with van der Waals surface area (Å²) in [6, 6.07) is 4.16. The topological polar surface area (TPSA) is 101 Å². The van der Waals surface area contributed by atoms with E-state index in [1.807, 2.05) is 13.8 Å². The van der Waals surface area contributed by atoms with Crippen LogP contribution in [-0.4, -0.2) is 54.6 Å². The highest BCUT2D eigenvalue weighted by Gasteiger charge is 2.49. The lowest BCUT2D eigenvalue weighted by Crippen LogP contribution is -2.54. The second-order valence-electron chi connectivity index (χ2n) is 8.16. The average molecular weight is 414 g/mol. The first-order chi connectivity index (χ1) is 12.1. The number of sulfonamides is 1. The molecule has 4 rings (SSSR count). The molecule has 3 aliphatic rings. The molecule has 1 aromatic carbocycles. The van der Waals surface area contributed by atoms with E-state index in [4.69, 9.17) is 5.73 Å². The lowest BCUT2D eigenvalue weighted by molar-refractivity contribution is 0.0532. The van der Waals surface area contributed by atoms with Gasteiger partial charge in [0.25, 0.3) is 21.8 Å². The number of carbonyl (C=O) groups is 2. The van der Waals surface area contributed by atoms with Gasteiger partial charge in [0.05, 0.1) is 5.56 Å². The Labute approximate surface area is 165 Å². The van der Waals surface area contributed by atoms with Crippen molar-refractivity contribution < 1.29 is 18.0 Å². The van der Waals surface area contributed by atoms with Crippen LogP contribution < -0.4 is 5.73 Å². The minimum Gasteiger partial charge on any atom is -0.338 e. The molecule has 2 fully saturated rings.